The molecule has 1 N–H and O–H groups in total. The Balaban J connectivity index is 1.88. The first-order valence-electron chi connectivity index (χ1n) is 10.6. The van der Waals surface area contributed by atoms with Crippen LogP contribution < -0.4 is 14.4 Å². The molecule has 33 heavy (non-hydrogen) atoms. The van der Waals surface area contributed by atoms with Crippen LogP contribution in [0.5, 0.6) is 5.75 Å². The molecule has 3 aromatic carbocycles. The molecule has 174 valence electrons. The Labute approximate surface area is 200 Å². The van der Waals surface area contributed by atoms with Crippen molar-refractivity contribution >= 4 is 33.2 Å². The lowest BCUT2D eigenvalue weighted by Gasteiger charge is -2.26. The summed E-state index contributed by atoms with van der Waals surface area (Å²) in [4.78, 5) is 13.0. The number of hydrogen-bond acceptors (Lipinski definition) is 4. The summed E-state index contributed by atoms with van der Waals surface area (Å²) in [6, 6.07) is 18.8. The average Bonchev–Trinajstić information content (AvgIpc) is 2.78. The first-order chi connectivity index (χ1) is 15.7. The van der Waals surface area contributed by atoms with Crippen LogP contribution in [0.15, 0.2) is 71.6 Å². The van der Waals surface area contributed by atoms with E-state index in [4.69, 9.17) is 16.3 Å². The van der Waals surface area contributed by atoms with Gasteiger partial charge in [-0.2, -0.15) is 0 Å². The third kappa shape index (κ3) is 6.06. The Morgan fingerprint density at radius 2 is 1.73 bits per heavy atom. The lowest BCUT2D eigenvalue weighted by Crippen LogP contribution is -2.41. The monoisotopic (exact) mass is 486 g/mol. The molecule has 6 nitrogen and oxygen atoms in total. The lowest BCUT2D eigenvalue weighted by molar-refractivity contribution is -0.119. The van der Waals surface area contributed by atoms with Gasteiger partial charge in [0, 0.05) is 17.1 Å². The smallest absolute Gasteiger partial charge is 0.264 e. The maximum absolute atomic E-state index is 13.5. The van der Waals surface area contributed by atoms with E-state index in [0.29, 0.717) is 28.6 Å². The van der Waals surface area contributed by atoms with Crippen molar-refractivity contribution in [2.45, 2.75) is 32.2 Å². The number of carbonyl (C=O) groups excluding carboxylic acids is 1. The molecule has 0 bridgehead atoms. The molecule has 0 aliphatic heterocycles. The molecule has 0 aromatic heterocycles. The molecule has 0 saturated carbocycles. The zero-order valence-corrected chi connectivity index (χ0v) is 20.4. The minimum atomic E-state index is -4.00. The van der Waals surface area contributed by atoms with Crippen LogP contribution in [0.2, 0.25) is 5.02 Å². The second kappa shape index (κ2) is 10.7. The van der Waals surface area contributed by atoms with Gasteiger partial charge >= 0.3 is 0 Å². The molecule has 1 amide bonds. The number of anilines is 1. The molecule has 0 heterocycles. The van der Waals surface area contributed by atoms with E-state index in [-0.39, 0.29) is 18.0 Å². The van der Waals surface area contributed by atoms with Gasteiger partial charge < -0.3 is 10.1 Å². The number of amides is 1. The number of benzene rings is 3. The van der Waals surface area contributed by atoms with E-state index in [1.807, 2.05) is 38.1 Å². The van der Waals surface area contributed by atoms with Crippen LogP contribution in [-0.2, 0) is 21.4 Å². The molecule has 3 aromatic rings. The summed E-state index contributed by atoms with van der Waals surface area (Å²) in [5.41, 5.74) is 2.79. The number of sulfonamides is 1. The van der Waals surface area contributed by atoms with Crippen molar-refractivity contribution in [1.29, 1.82) is 0 Å². The van der Waals surface area contributed by atoms with Gasteiger partial charge in [-0.1, -0.05) is 47.5 Å². The molecule has 0 fully saturated rings. The number of halogens is 1. The predicted molar refractivity (Wildman–Crippen MR) is 131 cm³/mol. The van der Waals surface area contributed by atoms with Gasteiger partial charge in [-0.25, -0.2) is 8.42 Å². The summed E-state index contributed by atoms with van der Waals surface area (Å²) in [7, 11) is -4.00. The molecular weight excluding hydrogens is 460 g/mol. The van der Waals surface area contributed by atoms with Crippen LogP contribution in [0.1, 0.15) is 23.6 Å². The van der Waals surface area contributed by atoms with Crippen molar-refractivity contribution in [3.63, 3.8) is 0 Å². The highest BCUT2D eigenvalue weighted by Crippen LogP contribution is 2.29. The van der Waals surface area contributed by atoms with Gasteiger partial charge in [0.15, 0.2) is 0 Å². The van der Waals surface area contributed by atoms with Gasteiger partial charge in [-0.3, -0.25) is 9.10 Å². The van der Waals surface area contributed by atoms with E-state index in [9.17, 15) is 13.2 Å². The highest BCUT2D eigenvalue weighted by molar-refractivity contribution is 7.92. The molecule has 0 atom stereocenters. The van der Waals surface area contributed by atoms with Crippen LogP contribution in [0.4, 0.5) is 5.69 Å². The number of aryl methyl sites for hydroxylation is 2. The Bertz CT molecular complexity index is 1230. The highest BCUT2D eigenvalue weighted by Gasteiger charge is 2.28. The van der Waals surface area contributed by atoms with E-state index >= 15 is 0 Å². The van der Waals surface area contributed by atoms with Crippen molar-refractivity contribution in [2.75, 3.05) is 17.5 Å². The minimum Gasteiger partial charge on any atom is -0.494 e. The molecule has 0 saturated heterocycles. The van der Waals surface area contributed by atoms with Crippen molar-refractivity contribution < 1.29 is 17.9 Å². The number of nitrogens with one attached hydrogen (secondary N) is 1. The number of para-hydroxylation sites is 1. The van der Waals surface area contributed by atoms with E-state index in [2.05, 4.69) is 5.32 Å². The number of rotatable bonds is 9. The third-order valence-electron chi connectivity index (χ3n) is 5.07. The van der Waals surface area contributed by atoms with Gasteiger partial charge in [0.05, 0.1) is 17.2 Å². The van der Waals surface area contributed by atoms with Crippen LogP contribution >= 0.6 is 11.6 Å². The van der Waals surface area contributed by atoms with Crippen LogP contribution in [0.3, 0.4) is 0 Å². The Hall–Kier alpha value is -3.03. The number of carbonyl (C=O) groups is 1. The summed E-state index contributed by atoms with van der Waals surface area (Å²) in [6.07, 6.45) is 0. The van der Waals surface area contributed by atoms with Gasteiger partial charge in [0.1, 0.15) is 12.3 Å². The minimum absolute atomic E-state index is 0.108. The van der Waals surface area contributed by atoms with Gasteiger partial charge in [-0.05, 0) is 62.7 Å². The normalized spacial score (nSPS) is 11.2. The van der Waals surface area contributed by atoms with Gasteiger partial charge in [0.25, 0.3) is 10.0 Å². The van der Waals surface area contributed by atoms with Gasteiger partial charge in [0.2, 0.25) is 5.91 Å². The summed E-state index contributed by atoms with van der Waals surface area (Å²) in [5, 5.41) is 3.30. The zero-order valence-electron chi connectivity index (χ0n) is 18.8. The first kappa shape index (κ1) is 24.6. The zero-order chi connectivity index (χ0) is 24.0. The van der Waals surface area contributed by atoms with E-state index in [1.165, 1.54) is 0 Å². The van der Waals surface area contributed by atoms with Crippen LogP contribution in [-0.4, -0.2) is 27.5 Å². The molecule has 0 aliphatic rings. The molecule has 0 radical (unpaired) electrons. The summed E-state index contributed by atoms with van der Waals surface area (Å²) in [5.74, 6) is 0.240. The Morgan fingerprint density at radius 1 is 1.03 bits per heavy atom. The largest absolute Gasteiger partial charge is 0.494 e. The quantitative estimate of drug-likeness (QED) is 0.468. The second-order valence-corrected chi connectivity index (χ2v) is 9.87. The van der Waals surface area contributed by atoms with E-state index < -0.39 is 15.9 Å². The average molecular weight is 487 g/mol. The summed E-state index contributed by atoms with van der Waals surface area (Å²) >= 11 is 6.07. The standard InChI is InChI=1S/C25H27ClN2O4S/c1-4-32-24-8-6-5-7-20(24)16-27-25(29)17-28(23-14-11-21(26)15-19(23)3)33(30,31)22-12-9-18(2)10-13-22/h5-15H,4,16-17H2,1-3H3,(H,27,29). The summed E-state index contributed by atoms with van der Waals surface area (Å²) < 4.78 is 33.8. The number of hydrogen-bond donors (Lipinski definition) is 1. The van der Waals surface area contributed by atoms with Crippen molar-refractivity contribution in [1.82, 2.24) is 5.32 Å². The molecule has 0 aliphatic carbocycles. The van der Waals surface area contributed by atoms with Crippen molar-refractivity contribution in [2.24, 2.45) is 0 Å². The molecule has 3 rings (SSSR count). The topological polar surface area (TPSA) is 75.7 Å². The molecule has 0 spiro atoms. The fourth-order valence-corrected chi connectivity index (χ4v) is 5.07. The highest BCUT2D eigenvalue weighted by atomic mass is 35.5. The van der Waals surface area contributed by atoms with Crippen LogP contribution in [0.25, 0.3) is 0 Å². The number of ether oxygens (including phenoxy) is 1. The van der Waals surface area contributed by atoms with Crippen LogP contribution in [0, 0.1) is 13.8 Å². The molecule has 8 heteroatoms. The molecular formula is C25H27ClN2O4S. The predicted octanol–water partition coefficient (Wildman–Crippen LogP) is 4.87. The number of nitrogens with zero attached hydrogens (tertiary/aromatic N) is 1. The summed E-state index contributed by atoms with van der Waals surface area (Å²) in [6.45, 7) is 5.86. The molecule has 0 unspecified atom stereocenters. The fourth-order valence-electron chi connectivity index (χ4n) is 3.36. The Kier molecular flexibility index (Phi) is 8.00. The van der Waals surface area contributed by atoms with E-state index in [0.717, 1.165) is 15.4 Å². The Morgan fingerprint density at radius 3 is 2.39 bits per heavy atom. The van der Waals surface area contributed by atoms with E-state index in [1.54, 1.807) is 49.4 Å². The lowest BCUT2D eigenvalue weighted by atomic mass is 10.2. The third-order valence-corrected chi connectivity index (χ3v) is 7.08. The van der Waals surface area contributed by atoms with Crippen molar-refractivity contribution in [3.8, 4) is 5.75 Å². The maximum atomic E-state index is 13.5. The van der Waals surface area contributed by atoms with Crippen molar-refractivity contribution in [3.05, 3.63) is 88.4 Å². The SMILES string of the molecule is CCOc1ccccc1CNC(=O)CN(c1ccc(Cl)cc1C)S(=O)(=O)c1ccc(C)cc1. The first-order valence-corrected chi connectivity index (χ1v) is 12.4. The van der Waals surface area contributed by atoms with Gasteiger partial charge in [-0.15, -0.1) is 0 Å². The fraction of sp³-hybridized carbons (Fsp3) is 0.240. The maximum Gasteiger partial charge on any atom is 0.264 e. The second-order valence-electron chi connectivity index (χ2n) is 7.57.